The van der Waals surface area contributed by atoms with Gasteiger partial charge in [0.05, 0.1) is 42.9 Å². The molecule has 3 rings (SSSR count). The second-order valence-electron chi connectivity index (χ2n) is 7.36. The lowest BCUT2D eigenvalue weighted by atomic mass is 9.92. The number of carbonyl (C=O) groups is 1. The first kappa shape index (κ1) is 21.7. The second-order valence-corrected chi connectivity index (χ2v) is 7.36. The second kappa shape index (κ2) is 8.02. The molecule has 1 amide bonds. The molecular formula is C18H22F5N3O3. The van der Waals surface area contributed by atoms with E-state index in [0.717, 1.165) is 0 Å². The van der Waals surface area contributed by atoms with Gasteiger partial charge in [0.2, 0.25) is 5.91 Å². The molecule has 1 saturated heterocycles. The van der Waals surface area contributed by atoms with Crippen molar-refractivity contribution in [1.29, 1.82) is 0 Å². The minimum atomic E-state index is -4.75. The summed E-state index contributed by atoms with van der Waals surface area (Å²) in [6.45, 7) is 2.24. The Bertz CT molecular complexity index is 757. The van der Waals surface area contributed by atoms with E-state index in [9.17, 15) is 26.7 Å². The number of ether oxygens (including phenoxy) is 1. The molecule has 162 valence electrons. The summed E-state index contributed by atoms with van der Waals surface area (Å²) in [6, 6.07) is -0.270. The number of piperazine rings is 1. The van der Waals surface area contributed by atoms with Crippen molar-refractivity contribution in [1.82, 2.24) is 9.88 Å². The van der Waals surface area contributed by atoms with Crippen molar-refractivity contribution in [3.05, 3.63) is 23.4 Å². The van der Waals surface area contributed by atoms with Gasteiger partial charge in [-0.15, -0.1) is 0 Å². The van der Waals surface area contributed by atoms with Crippen LogP contribution in [0.15, 0.2) is 12.3 Å². The van der Waals surface area contributed by atoms with Crippen LogP contribution in [0.25, 0.3) is 0 Å². The van der Waals surface area contributed by atoms with Crippen molar-refractivity contribution in [3.63, 3.8) is 0 Å². The predicted molar refractivity (Wildman–Crippen MR) is 92.6 cm³/mol. The summed E-state index contributed by atoms with van der Waals surface area (Å²) >= 11 is 0. The van der Waals surface area contributed by atoms with Crippen molar-refractivity contribution in [2.45, 2.75) is 44.0 Å². The molecule has 3 heterocycles. The van der Waals surface area contributed by atoms with Gasteiger partial charge in [0.1, 0.15) is 5.82 Å². The van der Waals surface area contributed by atoms with E-state index in [1.807, 2.05) is 0 Å². The van der Waals surface area contributed by atoms with Gasteiger partial charge in [-0.3, -0.25) is 4.79 Å². The summed E-state index contributed by atoms with van der Waals surface area (Å²) in [7, 11) is 0. The lowest BCUT2D eigenvalue weighted by molar-refractivity contribution is -0.138. The molecule has 0 aliphatic carbocycles. The average molecular weight is 423 g/mol. The third kappa shape index (κ3) is 4.77. The first-order chi connectivity index (χ1) is 13.5. The number of halogens is 5. The average Bonchev–Trinajstić information content (AvgIpc) is 2.63. The maximum absolute atomic E-state index is 14.6. The number of pyridine rings is 1. The molecule has 2 aliphatic rings. The maximum atomic E-state index is 14.6. The lowest BCUT2D eigenvalue weighted by Gasteiger charge is -2.47. The summed E-state index contributed by atoms with van der Waals surface area (Å²) in [5, 5.41) is 9.12. The Kier molecular flexibility index (Phi) is 6.00. The van der Waals surface area contributed by atoms with Crippen LogP contribution in [-0.2, 0) is 21.6 Å². The first-order valence-corrected chi connectivity index (χ1v) is 9.25. The molecule has 6 nitrogen and oxygen atoms in total. The third-order valence-electron chi connectivity index (χ3n) is 5.01. The van der Waals surface area contributed by atoms with Gasteiger partial charge in [-0.05, 0) is 13.0 Å². The normalized spacial score (nSPS) is 22.1. The van der Waals surface area contributed by atoms with Crippen molar-refractivity contribution in [2.24, 2.45) is 0 Å². The molecule has 1 unspecified atom stereocenters. The number of hydrogen-bond donors (Lipinski definition) is 1. The first-order valence-electron chi connectivity index (χ1n) is 9.25. The van der Waals surface area contributed by atoms with E-state index in [4.69, 9.17) is 9.84 Å². The van der Waals surface area contributed by atoms with Gasteiger partial charge in [-0.1, -0.05) is 0 Å². The van der Waals surface area contributed by atoms with E-state index < -0.39 is 41.8 Å². The van der Waals surface area contributed by atoms with Crippen LogP contribution in [0.4, 0.5) is 27.8 Å². The Balaban J connectivity index is 1.70. The number of aliphatic hydroxyl groups excluding tert-OH is 1. The van der Waals surface area contributed by atoms with E-state index in [1.54, 1.807) is 11.8 Å². The molecule has 0 bridgehead atoms. The summed E-state index contributed by atoms with van der Waals surface area (Å²) < 4.78 is 73.0. The summed E-state index contributed by atoms with van der Waals surface area (Å²) in [6.07, 6.45) is -5.47. The van der Waals surface area contributed by atoms with E-state index in [-0.39, 0.29) is 51.0 Å². The molecule has 2 atom stereocenters. The predicted octanol–water partition coefficient (Wildman–Crippen LogP) is 2.40. The van der Waals surface area contributed by atoms with Gasteiger partial charge in [0, 0.05) is 32.3 Å². The van der Waals surface area contributed by atoms with E-state index in [1.165, 1.54) is 4.90 Å². The van der Waals surface area contributed by atoms with Crippen molar-refractivity contribution in [2.75, 3.05) is 37.7 Å². The number of rotatable bonds is 5. The fourth-order valence-corrected chi connectivity index (χ4v) is 3.62. The van der Waals surface area contributed by atoms with Crippen LogP contribution >= 0.6 is 0 Å². The minimum Gasteiger partial charge on any atom is -0.391 e. The molecule has 1 aromatic heterocycles. The van der Waals surface area contributed by atoms with Crippen LogP contribution < -0.4 is 4.90 Å². The van der Waals surface area contributed by atoms with Crippen molar-refractivity contribution in [3.8, 4) is 0 Å². The van der Waals surface area contributed by atoms with Gasteiger partial charge >= 0.3 is 6.18 Å². The number of hydrogen-bond acceptors (Lipinski definition) is 5. The maximum Gasteiger partial charge on any atom is 0.417 e. The summed E-state index contributed by atoms with van der Waals surface area (Å²) in [4.78, 5) is 19.0. The molecule has 0 aromatic carbocycles. The smallest absolute Gasteiger partial charge is 0.391 e. The van der Waals surface area contributed by atoms with Crippen LogP contribution in [0.5, 0.6) is 0 Å². The third-order valence-corrected chi connectivity index (χ3v) is 5.01. The zero-order chi connectivity index (χ0) is 21.4. The lowest BCUT2D eigenvalue weighted by Crippen LogP contribution is -2.58. The number of fused-ring (bicyclic) bond motifs is 3. The number of carbonyl (C=O) groups excluding carboxylic acids is 1. The molecule has 1 N–H and O–H groups in total. The highest BCUT2D eigenvalue weighted by molar-refractivity contribution is 5.76. The molecule has 2 aliphatic heterocycles. The van der Waals surface area contributed by atoms with Crippen LogP contribution in [-0.4, -0.2) is 65.9 Å². The standard InChI is InChI=1S/C18H22F5N3O3/c1-11(27)10-29-5-2-15(28)25-3-4-26-13(9-25)7-17(19,20)14-6-12(18(21,22)23)8-24-16(14)26/h6,8,11,13,27H,2-5,7,9-10H2,1H3/t11-,13?/m0/s1. The molecule has 1 fully saturated rings. The summed E-state index contributed by atoms with van der Waals surface area (Å²) in [5.41, 5.74) is -1.93. The molecule has 0 saturated carbocycles. The van der Waals surface area contributed by atoms with Crippen LogP contribution in [0.1, 0.15) is 30.9 Å². The van der Waals surface area contributed by atoms with Crippen LogP contribution in [0.2, 0.25) is 0 Å². The Morgan fingerprint density at radius 2 is 2.14 bits per heavy atom. The van der Waals surface area contributed by atoms with Crippen molar-refractivity contribution < 1.29 is 36.6 Å². The number of amides is 1. The molecule has 0 radical (unpaired) electrons. The van der Waals surface area contributed by atoms with Gasteiger partial charge in [-0.2, -0.15) is 13.2 Å². The Morgan fingerprint density at radius 3 is 2.79 bits per heavy atom. The number of anilines is 1. The Hall–Kier alpha value is -2.01. The monoisotopic (exact) mass is 423 g/mol. The molecule has 29 heavy (non-hydrogen) atoms. The minimum absolute atomic E-state index is 0.0347. The highest BCUT2D eigenvalue weighted by atomic mass is 19.4. The number of aromatic nitrogens is 1. The van der Waals surface area contributed by atoms with Crippen LogP contribution in [0, 0.1) is 0 Å². The number of alkyl halides is 5. The molecule has 11 heteroatoms. The molecular weight excluding hydrogens is 401 g/mol. The topological polar surface area (TPSA) is 65.9 Å². The van der Waals surface area contributed by atoms with Gasteiger partial charge in [0.15, 0.2) is 0 Å². The highest BCUT2D eigenvalue weighted by Gasteiger charge is 2.48. The van der Waals surface area contributed by atoms with Gasteiger partial charge in [-0.25, -0.2) is 13.8 Å². The largest absolute Gasteiger partial charge is 0.417 e. The zero-order valence-corrected chi connectivity index (χ0v) is 15.8. The molecule has 1 aromatic rings. The zero-order valence-electron chi connectivity index (χ0n) is 15.8. The number of aliphatic hydroxyl groups is 1. The Morgan fingerprint density at radius 1 is 1.41 bits per heavy atom. The highest BCUT2D eigenvalue weighted by Crippen LogP contribution is 2.46. The van der Waals surface area contributed by atoms with Gasteiger partial charge < -0.3 is 19.6 Å². The number of nitrogens with zero attached hydrogens (tertiary/aromatic N) is 3. The fourth-order valence-electron chi connectivity index (χ4n) is 3.62. The van der Waals surface area contributed by atoms with Crippen LogP contribution in [0.3, 0.4) is 0 Å². The van der Waals surface area contributed by atoms with Gasteiger partial charge in [0.25, 0.3) is 5.92 Å². The summed E-state index contributed by atoms with van der Waals surface area (Å²) in [5.74, 6) is -3.90. The fraction of sp³-hybridized carbons (Fsp3) is 0.667. The molecule has 0 spiro atoms. The van der Waals surface area contributed by atoms with E-state index in [2.05, 4.69) is 4.98 Å². The van der Waals surface area contributed by atoms with E-state index >= 15 is 0 Å². The van der Waals surface area contributed by atoms with Crippen molar-refractivity contribution >= 4 is 11.7 Å². The quantitative estimate of drug-likeness (QED) is 0.582. The Labute approximate surface area is 164 Å². The van der Waals surface area contributed by atoms with E-state index in [0.29, 0.717) is 12.3 Å². The SMILES string of the molecule is C[C@H](O)COCCC(=O)N1CCN2c3ncc(C(F)(F)F)cc3C(F)(F)CC2C1.